The summed E-state index contributed by atoms with van der Waals surface area (Å²) in [4.78, 5) is 4.59. The third-order valence-electron chi connectivity index (χ3n) is 3.47. The molecule has 3 heteroatoms. The first-order valence-corrected chi connectivity index (χ1v) is 7.46. The summed E-state index contributed by atoms with van der Waals surface area (Å²) < 4.78 is 6.02. The lowest BCUT2D eigenvalue weighted by Crippen LogP contribution is -2.20. The van der Waals surface area contributed by atoms with Crippen LogP contribution in [0.25, 0.3) is 0 Å². The fraction of sp³-hybridized carbons (Fsp3) is 0.667. The molecule has 0 N–H and O–H groups in total. The maximum atomic E-state index is 6.02. The summed E-state index contributed by atoms with van der Waals surface area (Å²) in [6, 6.07) is 4.05. The van der Waals surface area contributed by atoms with Gasteiger partial charge < -0.3 is 4.74 Å². The molecule has 2 nitrogen and oxygen atoms in total. The predicted molar refractivity (Wildman–Crippen MR) is 75.4 cm³/mol. The van der Waals surface area contributed by atoms with E-state index in [4.69, 9.17) is 16.3 Å². The van der Waals surface area contributed by atoms with Crippen molar-refractivity contribution in [3.8, 4) is 5.88 Å². The fourth-order valence-corrected chi connectivity index (χ4v) is 2.52. The van der Waals surface area contributed by atoms with Crippen molar-refractivity contribution in [2.45, 2.75) is 63.9 Å². The van der Waals surface area contributed by atoms with Gasteiger partial charge in [-0.1, -0.05) is 20.3 Å². The molecule has 1 aliphatic carbocycles. The van der Waals surface area contributed by atoms with E-state index in [0.717, 1.165) is 30.0 Å². The van der Waals surface area contributed by atoms with Gasteiger partial charge in [0.2, 0.25) is 5.88 Å². The van der Waals surface area contributed by atoms with E-state index in [-0.39, 0.29) is 0 Å². The minimum Gasteiger partial charge on any atom is -0.474 e. The molecule has 1 aliphatic rings. The molecule has 18 heavy (non-hydrogen) atoms. The Morgan fingerprint density at radius 2 is 2.00 bits per heavy atom. The van der Waals surface area contributed by atoms with Crippen LogP contribution in [0.2, 0.25) is 0 Å². The Bertz CT molecular complexity index is 386. The summed E-state index contributed by atoms with van der Waals surface area (Å²) in [6.07, 6.45) is 6.55. The number of rotatable bonds is 4. The van der Waals surface area contributed by atoms with Crippen LogP contribution in [0, 0.1) is 0 Å². The van der Waals surface area contributed by atoms with Crippen molar-refractivity contribution in [1.82, 2.24) is 4.98 Å². The Labute approximate surface area is 115 Å². The van der Waals surface area contributed by atoms with Crippen molar-refractivity contribution in [2.24, 2.45) is 0 Å². The van der Waals surface area contributed by atoms with Crippen molar-refractivity contribution >= 4 is 11.6 Å². The van der Waals surface area contributed by atoms with Crippen molar-refractivity contribution in [2.75, 3.05) is 0 Å². The number of hydrogen-bond acceptors (Lipinski definition) is 2. The first-order chi connectivity index (χ1) is 8.69. The number of nitrogens with zero attached hydrogens (tertiary/aromatic N) is 1. The summed E-state index contributed by atoms with van der Waals surface area (Å²) in [5.74, 6) is 1.68. The van der Waals surface area contributed by atoms with Gasteiger partial charge in [0, 0.05) is 17.6 Å². The van der Waals surface area contributed by atoms with Gasteiger partial charge in [-0.05, 0) is 43.2 Å². The lowest BCUT2D eigenvalue weighted by molar-refractivity contribution is 0.148. The standard InChI is InChI=1S/C15H22ClNO/c1-11(2)14-8-12(10-16)9-15(17-14)18-13-6-4-3-5-7-13/h8-9,11,13H,3-7,10H2,1-2H3. The Kier molecular flexibility index (Phi) is 4.87. The monoisotopic (exact) mass is 267 g/mol. The minimum absolute atomic E-state index is 0.344. The van der Waals surface area contributed by atoms with Gasteiger partial charge in [-0.25, -0.2) is 4.98 Å². The molecule has 2 rings (SSSR count). The van der Waals surface area contributed by atoms with Crippen LogP contribution in [0.1, 0.15) is 63.1 Å². The van der Waals surface area contributed by atoms with Crippen LogP contribution < -0.4 is 4.74 Å². The molecule has 1 aromatic heterocycles. The van der Waals surface area contributed by atoms with E-state index >= 15 is 0 Å². The predicted octanol–water partition coefficient (Wildman–Crippen LogP) is 4.66. The highest BCUT2D eigenvalue weighted by Gasteiger charge is 2.16. The average molecular weight is 268 g/mol. The molecule has 0 bridgehead atoms. The lowest BCUT2D eigenvalue weighted by Gasteiger charge is -2.23. The molecule has 1 heterocycles. The minimum atomic E-state index is 0.344. The highest BCUT2D eigenvalue weighted by Crippen LogP contribution is 2.25. The summed E-state index contributed by atoms with van der Waals surface area (Å²) in [7, 11) is 0. The molecule has 1 saturated carbocycles. The van der Waals surface area contributed by atoms with Crippen molar-refractivity contribution < 1.29 is 4.74 Å². The van der Waals surface area contributed by atoms with E-state index in [0.29, 0.717) is 17.9 Å². The first-order valence-electron chi connectivity index (χ1n) is 6.92. The zero-order chi connectivity index (χ0) is 13.0. The fourth-order valence-electron chi connectivity index (χ4n) is 2.37. The normalized spacial score (nSPS) is 17.1. The van der Waals surface area contributed by atoms with Crippen LogP contribution in [-0.2, 0) is 5.88 Å². The van der Waals surface area contributed by atoms with Crippen LogP contribution in [0.3, 0.4) is 0 Å². The number of pyridine rings is 1. The van der Waals surface area contributed by atoms with Crippen LogP contribution in [0.15, 0.2) is 12.1 Å². The van der Waals surface area contributed by atoms with Gasteiger partial charge in [0.05, 0.1) is 0 Å². The zero-order valence-corrected chi connectivity index (χ0v) is 12.0. The molecular weight excluding hydrogens is 246 g/mol. The second-order valence-corrected chi connectivity index (χ2v) is 5.67. The summed E-state index contributed by atoms with van der Waals surface area (Å²) in [5.41, 5.74) is 2.17. The number of ether oxygens (including phenoxy) is 1. The van der Waals surface area contributed by atoms with Gasteiger partial charge >= 0.3 is 0 Å². The molecule has 0 aliphatic heterocycles. The highest BCUT2D eigenvalue weighted by molar-refractivity contribution is 6.17. The Morgan fingerprint density at radius 1 is 1.28 bits per heavy atom. The maximum absolute atomic E-state index is 6.02. The SMILES string of the molecule is CC(C)c1cc(CCl)cc(OC2CCCCC2)n1. The van der Waals surface area contributed by atoms with Crippen LogP contribution in [0.4, 0.5) is 0 Å². The average Bonchev–Trinajstić information content (AvgIpc) is 2.39. The third kappa shape index (κ3) is 3.61. The molecular formula is C15H22ClNO. The van der Waals surface area contributed by atoms with Gasteiger partial charge in [0.1, 0.15) is 6.10 Å². The largest absolute Gasteiger partial charge is 0.474 e. The second-order valence-electron chi connectivity index (χ2n) is 5.40. The molecule has 0 unspecified atom stereocenters. The van der Waals surface area contributed by atoms with Crippen LogP contribution in [-0.4, -0.2) is 11.1 Å². The van der Waals surface area contributed by atoms with Gasteiger partial charge in [-0.15, -0.1) is 11.6 Å². The molecule has 0 aromatic carbocycles. The van der Waals surface area contributed by atoms with Crippen molar-refractivity contribution in [3.05, 3.63) is 23.4 Å². The molecule has 0 atom stereocenters. The smallest absolute Gasteiger partial charge is 0.214 e. The van der Waals surface area contributed by atoms with Crippen molar-refractivity contribution in [3.63, 3.8) is 0 Å². The van der Waals surface area contributed by atoms with E-state index in [1.165, 1.54) is 19.3 Å². The van der Waals surface area contributed by atoms with Crippen LogP contribution in [0.5, 0.6) is 5.88 Å². The zero-order valence-electron chi connectivity index (χ0n) is 11.3. The Hall–Kier alpha value is -0.760. The number of hydrogen-bond donors (Lipinski definition) is 0. The summed E-state index contributed by atoms with van der Waals surface area (Å²) >= 11 is 5.93. The second kappa shape index (κ2) is 6.42. The van der Waals surface area contributed by atoms with Gasteiger partial charge in [0.15, 0.2) is 0 Å². The van der Waals surface area contributed by atoms with E-state index in [2.05, 4.69) is 24.9 Å². The lowest BCUT2D eigenvalue weighted by atomic mass is 9.98. The first kappa shape index (κ1) is 13.7. The maximum Gasteiger partial charge on any atom is 0.214 e. The van der Waals surface area contributed by atoms with Gasteiger partial charge in [0.25, 0.3) is 0 Å². The summed E-state index contributed by atoms with van der Waals surface area (Å²) in [5, 5.41) is 0. The molecule has 0 spiro atoms. The quantitative estimate of drug-likeness (QED) is 0.741. The molecule has 0 amide bonds. The molecule has 100 valence electrons. The summed E-state index contributed by atoms with van der Waals surface area (Å²) in [6.45, 7) is 4.29. The Morgan fingerprint density at radius 3 is 2.61 bits per heavy atom. The van der Waals surface area contributed by atoms with E-state index in [1.54, 1.807) is 0 Å². The van der Waals surface area contributed by atoms with E-state index in [1.807, 2.05) is 6.07 Å². The molecule has 0 radical (unpaired) electrons. The Balaban J connectivity index is 2.12. The van der Waals surface area contributed by atoms with Gasteiger partial charge in [-0.3, -0.25) is 0 Å². The topological polar surface area (TPSA) is 22.1 Å². The molecule has 0 saturated heterocycles. The molecule has 1 fully saturated rings. The van der Waals surface area contributed by atoms with Gasteiger partial charge in [-0.2, -0.15) is 0 Å². The number of halogens is 1. The van der Waals surface area contributed by atoms with Crippen LogP contribution >= 0.6 is 11.6 Å². The number of aromatic nitrogens is 1. The molecule has 1 aromatic rings. The third-order valence-corrected chi connectivity index (χ3v) is 3.78. The van der Waals surface area contributed by atoms with Crippen molar-refractivity contribution in [1.29, 1.82) is 0 Å². The highest BCUT2D eigenvalue weighted by atomic mass is 35.5. The van der Waals surface area contributed by atoms with E-state index in [9.17, 15) is 0 Å². The van der Waals surface area contributed by atoms with E-state index < -0.39 is 0 Å². The number of alkyl halides is 1.